The summed E-state index contributed by atoms with van der Waals surface area (Å²) in [5.74, 6) is 2.14. The fourth-order valence-corrected chi connectivity index (χ4v) is 5.69. The van der Waals surface area contributed by atoms with Crippen LogP contribution in [0.5, 0.6) is 11.5 Å². The summed E-state index contributed by atoms with van der Waals surface area (Å²) in [7, 11) is 1.61. The molecule has 0 spiro atoms. The average Bonchev–Trinajstić information content (AvgIpc) is 2.93. The Labute approximate surface area is 239 Å². The zero-order chi connectivity index (χ0) is 26.6. The van der Waals surface area contributed by atoms with Gasteiger partial charge >= 0.3 is 0 Å². The summed E-state index contributed by atoms with van der Waals surface area (Å²) in [6.45, 7) is 2.49. The number of benzene rings is 3. The molecule has 8 heteroatoms. The number of hydrogen-bond donors (Lipinski definition) is 0. The van der Waals surface area contributed by atoms with E-state index < -0.39 is 0 Å². The smallest absolute Gasteiger partial charge is 0.282 e. The van der Waals surface area contributed by atoms with Gasteiger partial charge < -0.3 is 9.47 Å². The fraction of sp³-hybridized carbons (Fsp3) is 0.300. The van der Waals surface area contributed by atoms with Crippen LogP contribution in [0.1, 0.15) is 60.5 Å². The molecule has 6 nitrogen and oxygen atoms in total. The molecule has 0 atom stereocenters. The second-order valence-corrected chi connectivity index (χ2v) is 11.4. The van der Waals surface area contributed by atoms with E-state index in [-0.39, 0.29) is 11.5 Å². The molecule has 1 aliphatic rings. The molecule has 1 saturated carbocycles. The van der Waals surface area contributed by atoms with Crippen molar-refractivity contribution < 1.29 is 9.47 Å². The van der Waals surface area contributed by atoms with Crippen LogP contribution >= 0.6 is 31.9 Å². The lowest BCUT2D eigenvalue weighted by atomic mass is 9.88. The van der Waals surface area contributed by atoms with Crippen molar-refractivity contribution in [2.75, 3.05) is 7.11 Å². The van der Waals surface area contributed by atoms with E-state index in [1.807, 2.05) is 36.4 Å². The first kappa shape index (κ1) is 26.6. The average molecular weight is 639 g/mol. The normalized spacial score (nSPS) is 14.3. The minimum atomic E-state index is -0.172. The van der Waals surface area contributed by atoms with Gasteiger partial charge in [-0.2, -0.15) is 9.78 Å². The minimum absolute atomic E-state index is 0.172. The van der Waals surface area contributed by atoms with Crippen molar-refractivity contribution in [1.82, 2.24) is 9.66 Å². The van der Waals surface area contributed by atoms with E-state index in [1.165, 1.54) is 16.7 Å². The highest BCUT2D eigenvalue weighted by Crippen LogP contribution is 2.34. The van der Waals surface area contributed by atoms with E-state index in [0.29, 0.717) is 29.0 Å². The van der Waals surface area contributed by atoms with E-state index in [4.69, 9.17) is 14.5 Å². The standard InChI is InChI=1S/C30H29Br2N3O3/c1-19-7-6-8-20(13-19)18-38-28-16-25(32)22(14-27(28)37-2)17-33-35-29(21-9-4-3-5-10-21)34-26-12-11-23(31)15-24(26)30(35)36/h6-8,11-17,21H,3-5,9-10,18H2,1-2H3. The van der Waals surface area contributed by atoms with Gasteiger partial charge in [0.25, 0.3) is 5.56 Å². The fourth-order valence-electron chi connectivity index (χ4n) is 4.91. The lowest BCUT2D eigenvalue weighted by Crippen LogP contribution is -2.25. The summed E-state index contributed by atoms with van der Waals surface area (Å²) < 4.78 is 14.8. The predicted octanol–water partition coefficient (Wildman–Crippen LogP) is 7.75. The van der Waals surface area contributed by atoms with Crippen LogP contribution in [0.25, 0.3) is 10.9 Å². The molecule has 0 radical (unpaired) electrons. The van der Waals surface area contributed by atoms with Gasteiger partial charge in [0.15, 0.2) is 11.5 Å². The number of ether oxygens (including phenoxy) is 2. The molecule has 0 bridgehead atoms. The Hall–Kier alpha value is -2.97. The highest BCUT2D eigenvalue weighted by molar-refractivity contribution is 9.10. The van der Waals surface area contributed by atoms with Crippen molar-refractivity contribution in [3.05, 3.63) is 96.4 Å². The summed E-state index contributed by atoms with van der Waals surface area (Å²) in [6, 6.07) is 17.5. The number of halogens is 2. The first-order valence-corrected chi connectivity index (χ1v) is 14.3. The van der Waals surface area contributed by atoms with Crippen molar-refractivity contribution in [3.63, 3.8) is 0 Å². The number of nitrogens with zero attached hydrogens (tertiary/aromatic N) is 3. The lowest BCUT2D eigenvalue weighted by Gasteiger charge is -2.22. The maximum absolute atomic E-state index is 13.6. The van der Waals surface area contributed by atoms with Crippen LogP contribution in [-0.4, -0.2) is 23.0 Å². The highest BCUT2D eigenvalue weighted by Gasteiger charge is 2.22. The molecule has 0 N–H and O–H groups in total. The van der Waals surface area contributed by atoms with Crippen molar-refractivity contribution in [2.45, 2.75) is 51.6 Å². The molecule has 38 heavy (non-hydrogen) atoms. The van der Waals surface area contributed by atoms with Gasteiger partial charge in [0.1, 0.15) is 12.4 Å². The van der Waals surface area contributed by atoms with E-state index >= 15 is 0 Å². The Morgan fingerprint density at radius 3 is 2.63 bits per heavy atom. The number of aromatic nitrogens is 2. The first-order chi connectivity index (χ1) is 18.4. The molecular weight excluding hydrogens is 610 g/mol. The Morgan fingerprint density at radius 1 is 1.05 bits per heavy atom. The Morgan fingerprint density at radius 2 is 1.87 bits per heavy atom. The predicted molar refractivity (Wildman–Crippen MR) is 159 cm³/mol. The number of fused-ring (bicyclic) bond motifs is 1. The molecule has 1 aliphatic carbocycles. The third-order valence-electron chi connectivity index (χ3n) is 6.88. The molecule has 1 heterocycles. The quantitative estimate of drug-likeness (QED) is 0.194. The maximum Gasteiger partial charge on any atom is 0.282 e. The molecule has 1 fully saturated rings. The van der Waals surface area contributed by atoms with Crippen LogP contribution in [0, 0.1) is 6.92 Å². The summed E-state index contributed by atoms with van der Waals surface area (Å²) in [6.07, 6.45) is 7.18. The molecular formula is C30H29Br2N3O3. The Kier molecular flexibility index (Phi) is 8.29. The number of methoxy groups -OCH3 is 1. The molecule has 3 aromatic carbocycles. The molecule has 4 aromatic rings. The highest BCUT2D eigenvalue weighted by atomic mass is 79.9. The number of aryl methyl sites for hydroxylation is 1. The van der Waals surface area contributed by atoms with Gasteiger partial charge in [-0.05, 0) is 71.6 Å². The third-order valence-corrected chi connectivity index (χ3v) is 8.06. The molecule has 0 amide bonds. The van der Waals surface area contributed by atoms with Crippen molar-refractivity contribution >= 4 is 49.0 Å². The van der Waals surface area contributed by atoms with E-state index in [9.17, 15) is 4.79 Å². The van der Waals surface area contributed by atoms with Crippen molar-refractivity contribution in [1.29, 1.82) is 0 Å². The SMILES string of the molecule is COc1cc(C=Nn2c(C3CCCCC3)nc3ccc(Br)cc3c2=O)c(Br)cc1OCc1cccc(C)c1. The van der Waals surface area contributed by atoms with Crippen LogP contribution < -0.4 is 15.0 Å². The number of hydrogen-bond acceptors (Lipinski definition) is 5. The van der Waals surface area contributed by atoms with Gasteiger partial charge in [0, 0.05) is 20.4 Å². The molecule has 0 saturated heterocycles. The zero-order valence-corrected chi connectivity index (χ0v) is 24.6. The minimum Gasteiger partial charge on any atom is -0.493 e. The monoisotopic (exact) mass is 637 g/mol. The van der Waals surface area contributed by atoms with Gasteiger partial charge in [-0.3, -0.25) is 4.79 Å². The summed E-state index contributed by atoms with van der Waals surface area (Å²) in [5, 5.41) is 5.21. The van der Waals surface area contributed by atoms with Gasteiger partial charge in [-0.25, -0.2) is 4.98 Å². The second kappa shape index (κ2) is 11.8. The summed E-state index contributed by atoms with van der Waals surface area (Å²) in [4.78, 5) is 18.5. The molecule has 1 aromatic heterocycles. The zero-order valence-electron chi connectivity index (χ0n) is 21.4. The molecule has 0 aliphatic heterocycles. The maximum atomic E-state index is 13.6. The Bertz CT molecular complexity index is 1560. The number of rotatable bonds is 7. The van der Waals surface area contributed by atoms with E-state index in [0.717, 1.165) is 51.6 Å². The van der Waals surface area contributed by atoms with Crippen molar-refractivity contribution in [3.8, 4) is 11.5 Å². The van der Waals surface area contributed by atoms with Gasteiger partial charge in [-0.1, -0.05) is 65.0 Å². The molecule has 0 unspecified atom stereocenters. The Balaban J connectivity index is 1.50. The van der Waals surface area contributed by atoms with Gasteiger partial charge in [0.05, 0.1) is 24.2 Å². The van der Waals surface area contributed by atoms with Crippen LogP contribution in [0.3, 0.4) is 0 Å². The summed E-state index contributed by atoms with van der Waals surface area (Å²) in [5.41, 5.74) is 3.56. The van der Waals surface area contributed by atoms with Gasteiger partial charge in [-0.15, -0.1) is 0 Å². The lowest BCUT2D eigenvalue weighted by molar-refractivity contribution is 0.284. The van der Waals surface area contributed by atoms with E-state index in [2.05, 4.69) is 56.0 Å². The topological polar surface area (TPSA) is 65.7 Å². The summed E-state index contributed by atoms with van der Waals surface area (Å²) >= 11 is 7.13. The third kappa shape index (κ3) is 5.86. The van der Waals surface area contributed by atoms with Crippen LogP contribution in [0.4, 0.5) is 0 Å². The van der Waals surface area contributed by atoms with Gasteiger partial charge in [0.2, 0.25) is 0 Å². The second-order valence-electron chi connectivity index (χ2n) is 9.63. The van der Waals surface area contributed by atoms with Crippen LogP contribution in [0.2, 0.25) is 0 Å². The van der Waals surface area contributed by atoms with E-state index in [1.54, 1.807) is 19.4 Å². The molecule has 5 rings (SSSR count). The molecule has 196 valence electrons. The largest absolute Gasteiger partial charge is 0.493 e. The van der Waals surface area contributed by atoms with Crippen LogP contribution in [-0.2, 0) is 6.61 Å². The first-order valence-electron chi connectivity index (χ1n) is 12.8. The van der Waals surface area contributed by atoms with Crippen LogP contribution in [0.15, 0.2) is 73.4 Å². The van der Waals surface area contributed by atoms with Crippen molar-refractivity contribution in [2.24, 2.45) is 5.10 Å².